The number of carbonyl (C=O) groups excluding carboxylic acids is 2. The average molecular weight is 840 g/mol. The van der Waals surface area contributed by atoms with Crippen molar-refractivity contribution < 1.29 is 30.4 Å². The molecule has 0 saturated heterocycles. The molecular weight excluding hydrogens is 785 g/mol. The van der Waals surface area contributed by atoms with Crippen LogP contribution in [-0.2, 0) is 30.4 Å². The van der Waals surface area contributed by atoms with Crippen molar-refractivity contribution in [2.45, 2.75) is 93.9 Å². The van der Waals surface area contributed by atoms with Crippen molar-refractivity contribution in [3.8, 4) is 22.3 Å². The zero-order valence-electron chi connectivity index (χ0n) is 33.5. The van der Waals surface area contributed by atoms with Crippen molar-refractivity contribution in [3.05, 3.63) is 129 Å². The van der Waals surface area contributed by atoms with E-state index in [4.69, 9.17) is 17.0 Å². The molecule has 2 atom stereocenters. The fourth-order valence-corrected chi connectivity index (χ4v) is 6.78. The van der Waals surface area contributed by atoms with Crippen LogP contribution in [0.25, 0.3) is 43.8 Å². The van der Waals surface area contributed by atoms with Gasteiger partial charge in [0.25, 0.3) is 0 Å². The van der Waals surface area contributed by atoms with Crippen molar-refractivity contribution in [3.63, 3.8) is 0 Å². The first kappa shape index (κ1) is 45.0. The first-order chi connectivity index (χ1) is 25.8. The molecule has 6 rings (SSSR count). The number of halogens is 2. The average Bonchev–Trinajstić information content (AvgIpc) is 3.80. The third-order valence-corrected chi connectivity index (χ3v) is 10.4. The van der Waals surface area contributed by atoms with Gasteiger partial charge in [0.15, 0.2) is 12.8 Å². The summed E-state index contributed by atoms with van der Waals surface area (Å²) in [4.78, 5) is 18.8. The van der Waals surface area contributed by atoms with Gasteiger partial charge in [-0.05, 0) is 86.8 Å². The van der Waals surface area contributed by atoms with Gasteiger partial charge in [-0.15, -0.1) is 69.1 Å². The van der Waals surface area contributed by atoms with Crippen LogP contribution in [0.3, 0.4) is 0 Å². The van der Waals surface area contributed by atoms with Crippen LogP contribution in [0.2, 0.25) is 0 Å². The predicted octanol–water partition coefficient (Wildman–Crippen LogP) is 12.7. The minimum absolute atomic E-state index is 0.455. The van der Waals surface area contributed by atoms with E-state index in [-0.39, 0.29) is 0 Å². The second kappa shape index (κ2) is 22.2. The second-order valence-corrected chi connectivity index (χ2v) is 17.8. The Labute approximate surface area is 343 Å². The third kappa shape index (κ3) is 11.8. The fourth-order valence-electron chi connectivity index (χ4n) is 6.78. The Bertz CT molecular complexity index is 1990. The van der Waals surface area contributed by atoms with E-state index in [0.29, 0.717) is 24.7 Å². The molecular formula is C46H54BCl2N2O2Zr. The Morgan fingerprint density at radius 2 is 1.00 bits per heavy atom. The molecule has 2 unspecified atom stereocenters. The molecule has 2 amide bonds. The maximum atomic E-state index is 9.38. The van der Waals surface area contributed by atoms with E-state index in [1.54, 1.807) is 0 Å². The molecule has 0 aromatic heterocycles. The van der Waals surface area contributed by atoms with Crippen LogP contribution in [0.1, 0.15) is 96.9 Å². The standard InChI is InChI=1S/2C22H25.C2H4BN2O2.2ClH.Zr/c2*1-6-15(3)19-12-18-8-7-9-20(22(18)13-19)21-11-14(2)10-16(4)17(21)5;6-1-4-3-5-2-7;;;/h2*7-13,15H,6H2,1-5H3;1-2H,(H,4,6)(H,5,7);2*1H;/q2*-1;;;;+4/p-2. The molecule has 0 aliphatic rings. The summed E-state index contributed by atoms with van der Waals surface area (Å²) >= 11 is -0.826. The molecule has 0 saturated carbocycles. The number of benzene rings is 4. The SMILES string of the molecule is CCC(C)c1cc2c(-c3cc(C)cc(C)c3C)cccc2[cH-]1.CCC(C)c1cc2c(-c3cc(C)cc(C)c3C)cccc2[cH-]1.O=CN[B]NC=O.[Cl][Zr+2][Cl]. The molecule has 0 fully saturated rings. The van der Waals surface area contributed by atoms with Gasteiger partial charge in [0.05, 0.1) is 0 Å². The third-order valence-electron chi connectivity index (χ3n) is 10.4. The van der Waals surface area contributed by atoms with Crippen molar-refractivity contribution in [1.82, 2.24) is 10.5 Å². The molecule has 1 radical (unpaired) electrons. The Balaban J connectivity index is 0.000000233. The number of amides is 2. The molecule has 281 valence electrons. The van der Waals surface area contributed by atoms with E-state index in [9.17, 15) is 9.59 Å². The van der Waals surface area contributed by atoms with E-state index < -0.39 is 20.8 Å². The quantitative estimate of drug-likeness (QED) is 0.0625. The molecule has 6 aromatic rings. The molecule has 54 heavy (non-hydrogen) atoms. The topological polar surface area (TPSA) is 58.2 Å². The van der Waals surface area contributed by atoms with Crippen LogP contribution in [0.15, 0.2) is 84.9 Å². The summed E-state index contributed by atoms with van der Waals surface area (Å²) in [5.41, 5.74) is 16.6. The van der Waals surface area contributed by atoms with Crippen molar-refractivity contribution >= 4 is 58.9 Å². The van der Waals surface area contributed by atoms with Gasteiger partial charge in [0.2, 0.25) is 0 Å². The number of hydrogen-bond donors (Lipinski definition) is 2. The summed E-state index contributed by atoms with van der Waals surface area (Å²) in [6.07, 6.45) is 3.29. The molecule has 8 heteroatoms. The molecule has 4 nitrogen and oxygen atoms in total. The van der Waals surface area contributed by atoms with Crippen LogP contribution in [0, 0.1) is 41.5 Å². The van der Waals surface area contributed by atoms with E-state index in [0.717, 1.165) is 7.55 Å². The zero-order valence-corrected chi connectivity index (χ0v) is 37.4. The van der Waals surface area contributed by atoms with Gasteiger partial charge >= 0.3 is 45.4 Å². The van der Waals surface area contributed by atoms with E-state index >= 15 is 0 Å². The first-order valence-electron chi connectivity index (χ1n) is 18.6. The Morgan fingerprint density at radius 1 is 0.630 bits per heavy atom. The van der Waals surface area contributed by atoms with Crippen LogP contribution in [-0.4, -0.2) is 20.4 Å². The first-order valence-corrected chi connectivity index (χ1v) is 24.9. The number of carbonyl (C=O) groups is 2. The van der Waals surface area contributed by atoms with Crippen molar-refractivity contribution in [2.75, 3.05) is 0 Å². The van der Waals surface area contributed by atoms with Gasteiger partial charge in [-0.2, -0.15) is 12.1 Å². The Morgan fingerprint density at radius 3 is 1.33 bits per heavy atom. The van der Waals surface area contributed by atoms with Gasteiger partial charge in [0.1, 0.15) is 0 Å². The second-order valence-electron chi connectivity index (χ2n) is 14.1. The molecule has 0 heterocycles. The van der Waals surface area contributed by atoms with Crippen molar-refractivity contribution in [2.24, 2.45) is 0 Å². The van der Waals surface area contributed by atoms with Crippen LogP contribution in [0.5, 0.6) is 0 Å². The summed E-state index contributed by atoms with van der Waals surface area (Å²) < 4.78 is 0. The molecule has 6 aromatic carbocycles. The van der Waals surface area contributed by atoms with Gasteiger partial charge in [-0.25, -0.2) is 0 Å². The van der Waals surface area contributed by atoms with Crippen LogP contribution >= 0.6 is 17.0 Å². The predicted molar refractivity (Wildman–Crippen MR) is 232 cm³/mol. The van der Waals surface area contributed by atoms with Gasteiger partial charge in [0, 0.05) is 0 Å². The Hall–Kier alpha value is -3.43. The zero-order chi connectivity index (χ0) is 39.9. The molecule has 0 aliphatic carbocycles. The normalized spacial score (nSPS) is 11.4. The van der Waals surface area contributed by atoms with E-state index in [1.807, 2.05) is 0 Å². The monoisotopic (exact) mass is 837 g/mol. The van der Waals surface area contributed by atoms with Crippen LogP contribution in [0.4, 0.5) is 0 Å². The van der Waals surface area contributed by atoms with E-state index in [2.05, 4.69) is 165 Å². The molecule has 2 N–H and O–H groups in total. The summed E-state index contributed by atoms with van der Waals surface area (Å²) in [6, 6.07) is 32.1. The van der Waals surface area contributed by atoms with E-state index in [1.165, 1.54) is 101 Å². The summed E-state index contributed by atoms with van der Waals surface area (Å²) in [6.45, 7) is 22.4. The van der Waals surface area contributed by atoms with Crippen LogP contribution < -0.4 is 10.5 Å². The summed E-state index contributed by atoms with van der Waals surface area (Å²) in [5, 5.41) is 9.73. The maximum absolute atomic E-state index is 9.38. The Kier molecular flexibility index (Phi) is 18.5. The molecule has 0 aliphatic heterocycles. The number of nitrogens with one attached hydrogen (secondary N) is 2. The summed E-state index contributed by atoms with van der Waals surface area (Å²) in [7, 11) is 11.0. The number of hydrogen-bond acceptors (Lipinski definition) is 2. The number of aryl methyl sites for hydroxylation is 4. The van der Waals surface area contributed by atoms with Gasteiger partial charge in [-0.1, -0.05) is 99.2 Å². The fraction of sp³-hybridized carbons (Fsp3) is 0.304. The summed E-state index contributed by atoms with van der Waals surface area (Å²) in [5.74, 6) is 1.25. The van der Waals surface area contributed by atoms with Gasteiger partial charge < -0.3 is 10.5 Å². The van der Waals surface area contributed by atoms with Crippen molar-refractivity contribution in [1.29, 1.82) is 0 Å². The molecule has 0 bridgehead atoms. The number of fused-ring (bicyclic) bond motifs is 2. The van der Waals surface area contributed by atoms with Gasteiger partial charge in [-0.3, -0.25) is 9.59 Å². The number of rotatable bonds is 10. The molecule has 0 spiro atoms. The minimum atomic E-state index is -0.826.